The highest BCUT2D eigenvalue weighted by Crippen LogP contribution is 2.21. The summed E-state index contributed by atoms with van der Waals surface area (Å²) < 4.78 is 0. The molecule has 110 valence electrons. The third kappa shape index (κ3) is 3.18. The molecule has 3 aromatic rings. The van der Waals surface area contributed by atoms with E-state index in [1.807, 2.05) is 48.5 Å². The van der Waals surface area contributed by atoms with Crippen LogP contribution >= 0.6 is 11.6 Å². The van der Waals surface area contributed by atoms with Crippen LogP contribution in [0.15, 0.2) is 67.0 Å². The monoisotopic (exact) mass is 311 g/mol. The smallest absolute Gasteiger partial charge is 0.268 e. The normalized spacial score (nSPS) is 11.9. The zero-order chi connectivity index (χ0) is 15.4. The van der Waals surface area contributed by atoms with Gasteiger partial charge in [0.05, 0.1) is 16.8 Å². The summed E-state index contributed by atoms with van der Waals surface area (Å²) in [7, 11) is 0. The maximum absolute atomic E-state index is 12.4. The van der Waals surface area contributed by atoms with Gasteiger partial charge in [0.25, 0.3) is 5.91 Å². The lowest BCUT2D eigenvalue weighted by molar-refractivity contribution is 0.0938. The summed E-state index contributed by atoms with van der Waals surface area (Å²) in [5.41, 5.74) is 2.16. The zero-order valence-corrected chi connectivity index (χ0v) is 12.4. The van der Waals surface area contributed by atoms with E-state index in [2.05, 4.69) is 15.3 Å². The average Bonchev–Trinajstić information content (AvgIpc) is 3.01. The molecular formula is C17H14ClN3O. The Bertz CT molecular complexity index is 716. The highest BCUT2D eigenvalue weighted by atomic mass is 35.5. The number of nitrogens with zero attached hydrogens (tertiary/aromatic N) is 1. The lowest BCUT2D eigenvalue weighted by Gasteiger charge is -2.18. The van der Waals surface area contributed by atoms with Gasteiger partial charge in [-0.25, -0.2) is 0 Å². The summed E-state index contributed by atoms with van der Waals surface area (Å²) in [5, 5.41) is 3.49. The molecule has 4 nitrogen and oxygen atoms in total. The molecule has 0 saturated carbocycles. The summed E-state index contributed by atoms with van der Waals surface area (Å²) in [5.74, 6) is -0.230. The Morgan fingerprint density at radius 3 is 2.55 bits per heavy atom. The number of halogens is 1. The number of hydrogen-bond donors (Lipinski definition) is 2. The van der Waals surface area contributed by atoms with Gasteiger partial charge in [0.1, 0.15) is 5.69 Å². The number of pyridine rings is 1. The number of carbonyl (C=O) groups excluding carboxylic acids is 1. The minimum atomic E-state index is -0.322. The Morgan fingerprint density at radius 1 is 1.14 bits per heavy atom. The van der Waals surface area contributed by atoms with Crippen LogP contribution in [0.4, 0.5) is 0 Å². The van der Waals surface area contributed by atoms with E-state index in [0.29, 0.717) is 10.7 Å². The standard InChI is InChI=1S/C17H14ClN3O/c18-13-10-15(20-11-13)17(22)21-16(12-6-2-1-3-7-12)14-8-4-5-9-19-14/h1-11,16,20H,(H,21,22). The second-order valence-electron chi connectivity index (χ2n) is 4.80. The molecule has 2 N–H and O–H groups in total. The minimum absolute atomic E-state index is 0.230. The van der Waals surface area contributed by atoms with Gasteiger partial charge in [-0.05, 0) is 23.8 Å². The molecule has 1 atom stereocenters. The van der Waals surface area contributed by atoms with Crippen molar-refractivity contribution in [2.45, 2.75) is 6.04 Å². The summed E-state index contributed by atoms with van der Waals surface area (Å²) in [6.45, 7) is 0. The van der Waals surface area contributed by atoms with Crippen molar-refractivity contribution in [1.82, 2.24) is 15.3 Å². The lowest BCUT2D eigenvalue weighted by Crippen LogP contribution is -2.30. The van der Waals surface area contributed by atoms with Crippen LogP contribution in [0.2, 0.25) is 5.02 Å². The van der Waals surface area contributed by atoms with Gasteiger partial charge < -0.3 is 10.3 Å². The summed E-state index contributed by atoms with van der Waals surface area (Å²) >= 11 is 5.85. The van der Waals surface area contributed by atoms with Crippen molar-refractivity contribution in [3.8, 4) is 0 Å². The fourth-order valence-electron chi connectivity index (χ4n) is 2.23. The van der Waals surface area contributed by atoms with Crippen LogP contribution in [0.1, 0.15) is 27.8 Å². The second-order valence-corrected chi connectivity index (χ2v) is 5.24. The number of carbonyl (C=O) groups is 1. The Hall–Kier alpha value is -2.59. The molecule has 0 radical (unpaired) electrons. The molecule has 1 unspecified atom stereocenters. The molecule has 0 fully saturated rings. The van der Waals surface area contributed by atoms with Crippen LogP contribution < -0.4 is 5.32 Å². The van der Waals surface area contributed by atoms with E-state index in [0.717, 1.165) is 11.3 Å². The first-order valence-corrected chi connectivity index (χ1v) is 7.22. The Kier molecular flexibility index (Phi) is 4.21. The first kappa shape index (κ1) is 14.4. The highest BCUT2D eigenvalue weighted by Gasteiger charge is 2.19. The number of aromatic amines is 1. The number of hydrogen-bond acceptors (Lipinski definition) is 2. The number of benzene rings is 1. The molecule has 0 bridgehead atoms. The molecule has 5 heteroatoms. The van der Waals surface area contributed by atoms with Crippen LogP contribution in [0.3, 0.4) is 0 Å². The largest absolute Gasteiger partial charge is 0.356 e. The van der Waals surface area contributed by atoms with Crippen molar-refractivity contribution >= 4 is 17.5 Å². The molecule has 22 heavy (non-hydrogen) atoms. The number of aromatic nitrogens is 2. The van der Waals surface area contributed by atoms with Crippen molar-refractivity contribution < 1.29 is 4.79 Å². The average molecular weight is 312 g/mol. The third-order valence-corrected chi connectivity index (χ3v) is 3.50. The van der Waals surface area contributed by atoms with Gasteiger partial charge >= 0.3 is 0 Å². The summed E-state index contributed by atoms with van der Waals surface area (Å²) in [4.78, 5) is 19.6. The van der Waals surface area contributed by atoms with Crippen molar-refractivity contribution in [3.05, 3.63) is 89.0 Å². The third-order valence-electron chi connectivity index (χ3n) is 3.28. The number of rotatable bonds is 4. The molecule has 0 aliphatic heterocycles. The van der Waals surface area contributed by atoms with E-state index in [4.69, 9.17) is 11.6 Å². The lowest BCUT2D eigenvalue weighted by atomic mass is 10.0. The highest BCUT2D eigenvalue weighted by molar-refractivity contribution is 6.30. The first-order chi connectivity index (χ1) is 10.7. The van der Waals surface area contributed by atoms with Crippen LogP contribution in [-0.4, -0.2) is 15.9 Å². The molecule has 1 aromatic carbocycles. The number of amides is 1. The van der Waals surface area contributed by atoms with Gasteiger partial charge in [0, 0.05) is 12.4 Å². The van der Waals surface area contributed by atoms with E-state index < -0.39 is 0 Å². The number of H-pyrrole nitrogens is 1. The van der Waals surface area contributed by atoms with E-state index >= 15 is 0 Å². The molecule has 0 aliphatic rings. The fraction of sp³-hybridized carbons (Fsp3) is 0.0588. The zero-order valence-electron chi connectivity index (χ0n) is 11.7. The summed E-state index contributed by atoms with van der Waals surface area (Å²) in [6.07, 6.45) is 3.29. The number of nitrogens with one attached hydrogen (secondary N) is 2. The topological polar surface area (TPSA) is 57.8 Å². The van der Waals surface area contributed by atoms with Gasteiger partial charge in [-0.1, -0.05) is 48.0 Å². The van der Waals surface area contributed by atoms with Crippen molar-refractivity contribution in [1.29, 1.82) is 0 Å². The van der Waals surface area contributed by atoms with Crippen LogP contribution in [-0.2, 0) is 0 Å². The summed E-state index contributed by atoms with van der Waals surface area (Å²) in [6, 6.07) is 16.6. The molecule has 0 saturated heterocycles. The molecular weight excluding hydrogens is 298 g/mol. The molecule has 0 aliphatic carbocycles. The fourth-order valence-corrected chi connectivity index (χ4v) is 2.39. The Labute approximate surface area is 133 Å². The van der Waals surface area contributed by atoms with E-state index in [1.165, 1.54) is 0 Å². The molecule has 1 amide bonds. The second kappa shape index (κ2) is 6.45. The quantitative estimate of drug-likeness (QED) is 0.773. The van der Waals surface area contributed by atoms with Gasteiger partial charge in [0.15, 0.2) is 0 Å². The SMILES string of the molecule is O=C(NC(c1ccccc1)c1ccccn1)c1cc(Cl)c[nH]1. The van der Waals surface area contributed by atoms with Crippen LogP contribution in [0.5, 0.6) is 0 Å². The Balaban J connectivity index is 1.91. The van der Waals surface area contributed by atoms with E-state index in [9.17, 15) is 4.79 Å². The predicted octanol–water partition coefficient (Wildman–Crippen LogP) is 3.58. The van der Waals surface area contributed by atoms with E-state index in [1.54, 1.807) is 18.5 Å². The molecule has 2 heterocycles. The van der Waals surface area contributed by atoms with Gasteiger partial charge in [0.2, 0.25) is 0 Å². The van der Waals surface area contributed by atoms with Gasteiger partial charge in [-0.2, -0.15) is 0 Å². The minimum Gasteiger partial charge on any atom is -0.356 e. The van der Waals surface area contributed by atoms with Gasteiger partial charge in [-0.15, -0.1) is 0 Å². The first-order valence-electron chi connectivity index (χ1n) is 6.84. The molecule has 3 rings (SSSR count). The van der Waals surface area contributed by atoms with Gasteiger partial charge in [-0.3, -0.25) is 9.78 Å². The van der Waals surface area contributed by atoms with E-state index in [-0.39, 0.29) is 11.9 Å². The maximum Gasteiger partial charge on any atom is 0.268 e. The molecule has 0 spiro atoms. The Morgan fingerprint density at radius 2 is 1.91 bits per heavy atom. The van der Waals surface area contributed by atoms with Crippen molar-refractivity contribution in [3.63, 3.8) is 0 Å². The van der Waals surface area contributed by atoms with Crippen LogP contribution in [0, 0.1) is 0 Å². The molecule has 2 aromatic heterocycles. The van der Waals surface area contributed by atoms with Crippen molar-refractivity contribution in [2.75, 3.05) is 0 Å². The van der Waals surface area contributed by atoms with Crippen molar-refractivity contribution in [2.24, 2.45) is 0 Å². The maximum atomic E-state index is 12.4. The van der Waals surface area contributed by atoms with Crippen LogP contribution in [0.25, 0.3) is 0 Å². The predicted molar refractivity (Wildman–Crippen MR) is 85.8 cm³/mol.